The van der Waals surface area contributed by atoms with Crippen LogP contribution in [0, 0.1) is 5.92 Å². The van der Waals surface area contributed by atoms with Crippen LogP contribution in [-0.4, -0.2) is 67.5 Å². The van der Waals surface area contributed by atoms with Crippen molar-refractivity contribution >= 4 is 11.8 Å². The molecule has 1 aliphatic rings. The highest BCUT2D eigenvalue weighted by molar-refractivity contribution is 5.88. The van der Waals surface area contributed by atoms with Crippen molar-refractivity contribution < 1.29 is 14.3 Å². The maximum Gasteiger partial charge on any atom is 0.258 e. The van der Waals surface area contributed by atoms with Gasteiger partial charge in [-0.15, -0.1) is 0 Å². The minimum absolute atomic E-state index is 0.00913. The highest BCUT2D eigenvalue weighted by Gasteiger charge is 2.28. The molecule has 0 bridgehead atoms. The van der Waals surface area contributed by atoms with E-state index in [2.05, 4.69) is 31.1 Å². The smallest absolute Gasteiger partial charge is 0.258 e. The molecule has 1 aliphatic heterocycles. The van der Waals surface area contributed by atoms with Gasteiger partial charge in [0.05, 0.1) is 0 Å². The Morgan fingerprint density at radius 1 is 1.12 bits per heavy atom. The van der Waals surface area contributed by atoms with Gasteiger partial charge in [-0.3, -0.25) is 9.59 Å². The first kappa shape index (κ1) is 19.2. The number of nitrogens with one attached hydrogen (secondary N) is 1. The summed E-state index contributed by atoms with van der Waals surface area (Å²) in [4.78, 5) is 29.1. The summed E-state index contributed by atoms with van der Waals surface area (Å²) in [5.41, 5.74) is 0. The lowest BCUT2D eigenvalue weighted by Gasteiger charge is -2.35. The highest BCUT2D eigenvalue weighted by Crippen LogP contribution is 2.11. The second-order valence-electron chi connectivity index (χ2n) is 6.98. The largest absolute Gasteiger partial charge is 0.484 e. The van der Waals surface area contributed by atoms with Gasteiger partial charge in [-0.05, 0) is 31.5 Å². The maximum atomic E-state index is 12.8. The van der Waals surface area contributed by atoms with Crippen LogP contribution < -0.4 is 10.1 Å². The number of likely N-dealkylation sites (N-methyl/N-ethyl adjacent to an activating group) is 1. The van der Waals surface area contributed by atoms with E-state index in [4.69, 9.17) is 4.74 Å². The molecule has 0 saturated carbocycles. The van der Waals surface area contributed by atoms with Crippen molar-refractivity contribution in [1.29, 1.82) is 0 Å². The van der Waals surface area contributed by atoms with Crippen LogP contribution in [0.15, 0.2) is 30.3 Å². The Labute approximate surface area is 150 Å². The fourth-order valence-corrected chi connectivity index (χ4v) is 2.84. The number of ether oxygens (including phenoxy) is 1. The number of amides is 2. The van der Waals surface area contributed by atoms with Crippen LogP contribution in [-0.2, 0) is 9.59 Å². The Morgan fingerprint density at radius 2 is 1.76 bits per heavy atom. The lowest BCUT2D eigenvalue weighted by atomic mass is 10.0. The Balaban J connectivity index is 1.89. The molecule has 1 N–H and O–H groups in total. The minimum Gasteiger partial charge on any atom is -0.484 e. The number of carbonyl (C=O) groups is 2. The zero-order valence-corrected chi connectivity index (χ0v) is 15.4. The van der Waals surface area contributed by atoms with E-state index in [1.165, 1.54) is 0 Å². The van der Waals surface area contributed by atoms with Crippen molar-refractivity contribution in [2.45, 2.75) is 26.3 Å². The lowest BCUT2D eigenvalue weighted by molar-refractivity contribution is -0.138. The monoisotopic (exact) mass is 347 g/mol. The first-order valence-corrected chi connectivity index (χ1v) is 8.90. The number of benzene rings is 1. The van der Waals surface area contributed by atoms with E-state index in [0.29, 0.717) is 31.2 Å². The van der Waals surface area contributed by atoms with E-state index in [1.54, 1.807) is 12.1 Å². The van der Waals surface area contributed by atoms with Gasteiger partial charge >= 0.3 is 0 Å². The molecule has 6 nitrogen and oxygen atoms in total. The van der Waals surface area contributed by atoms with E-state index in [1.807, 2.05) is 23.1 Å². The molecule has 1 aromatic rings. The van der Waals surface area contributed by atoms with Gasteiger partial charge in [0.1, 0.15) is 11.8 Å². The van der Waals surface area contributed by atoms with Crippen LogP contribution >= 0.6 is 0 Å². The molecule has 2 rings (SSSR count). The number of rotatable bonds is 7. The predicted molar refractivity (Wildman–Crippen MR) is 97.4 cm³/mol. The van der Waals surface area contributed by atoms with Gasteiger partial charge in [0, 0.05) is 26.2 Å². The number of nitrogens with zero attached hydrogens (tertiary/aromatic N) is 2. The Kier molecular flexibility index (Phi) is 7.25. The summed E-state index contributed by atoms with van der Waals surface area (Å²) in [7, 11) is 2.05. The Hall–Kier alpha value is -2.08. The van der Waals surface area contributed by atoms with Gasteiger partial charge in [-0.25, -0.2) is 0 Å². The zero-order chi connectivity index (χ0) is 18.2. The Bertz CT molecular complexity index is 554. The average Bonchev–Trinajstić information content (AvgIpc) is 2.60. The molecule has 1 aromatic carbocycles. The molecule has 2 amide bonds. The van der Waals surface area contributed by atoms with Gasteiger partial charge in [-0.1, -0.05) is 32.0 Å². The number of carbonyl (C=O) groups excluding carboxylic acids is 2. The summed E-state index contributed by atoms with van der Waals surface area (Å²) >= 11 is 0. The molecule has 0 unspecified atom stereocenters. The fourth-order valence-electron chi connectivity index (χ4n) is 2.84. The van der Waals surface area contributed by atoms with Crippen LogP contribution in [0.2, 0.25) is 0 Å². The summed E-state index contributed by atoms with van der Waals surface area (Å²) in [6.45, 7) is 7.17. The van der Waals surface area contributed by atoms with E-state index >= 15 is 0 Å². The molecule has 6 heteroatoms. The number of hydrogen-bond donors (Lipinski definition) is 1. The van der Waals surface area contributed by atoms with Crippen molar-refractivity contribution in [3.8, 4) is 5.75 Å². The third-order valence-corrected chi connectivity index (χ3v) is 4.27. The molecule has 1 fully saturated rings. The first-order valence-electron chi connectivity index (χ1n) is 8.90. The molecule has 0 aromatic heterocycles. The zero-order valence-electron chi connectivity index (χ0n) is 15.4. The van der Waals surface area contributed by atoms with Crippen LogP contribution in [0.25, 0.3) is 0 Å². The van der Waals surface area contributed by atoms with Crippen molar-refractivity contribution in [1.82, 2.24) is 15.1 Å². The average molecular weight is 347 g/mol. The SMILES string of the molecule is CC(C)C[C@@H](NC(=O)COc1ccccc1)C(=O)N1CCN(C)CC1. The Morgan fingerprint density at radius 3 is 2.36 bits per heavy atom. The summed E-state index contributed by atoms with van der Waals surface area (Å²) < 4.78 is 5.47. The summed E-state index contributed by atoms with van der Waals surface area (Å²) in [6.07, 6.45) is 0.627. The van der Waals surface area contributed by atoms with E-state index in [-0.39, 0.29) is 18.4 Å². The van der Waals surface area contributed by atoms with Gasteiger partial charge in [0.25, 0.3) is 5.91 Å². The van der Waals surface area contributed by atoms with Gasteiger partial charge < -0.3 is 19.9 Å². The van der Waals surface area contributed by atoms with Crippen molar-refractivity contribution in [2.24, 2.45) is 5.92 Å². The number of piperazine rings is 1. The molecular formula is C19H29N3O3. The quantitative estimate of drug-likeness (QED) is 0.809. The molecular weight excluding hydrogens is 318 g/mol. The highest BCUT2D eigenvalue weighted by atomic mass is 16.5. The third-order valence-electron chi connectivity index (χ3n) is 4.27. The predicted octanol–water partition coefficient (Wildman–Crippen LogP) is 1.37. The van der Waals surface area contributed by atoms with Crippen LogP contribution in [0.1, 0.15) is 20.3 Å². The van der Waals surface area contributed by atoms with Gasteiger partial charge in [-0.2, -0.15) is 0 Å². The van der Waals surface area contributed by atoms with E-state index in [0.717, 1.165) is 13.1 Å². The summed E-state index contributed by atoms with van der Waals surface area (Å²) in [6, 6.07) is 8.70. The second kappa shape index (κ2) is 9.42. The summed E-state index contributed by atoms with van der Waals surface area (Å²) in [5.74, 6) is 0.701. The number of para-hydroxylation sites is 1. The molecule has 25 heavy (non-hydrogen) atoms. The molecule has 1 atom stereocenters. The summed E-state index contributed by atoms with van der Waals surface area (Å²) in [5, 5.41) is 2.86. The van der Waals surface area contributed by atoms with E-state index < -0.39 is 6.04 Å². The fraction of sp³-hybridized carbons (Fsp3) is 0.579. The molecule has 0 radical (unpaired) electrons. The van der Waals surface area contributed by atoms with E-state index in [9.17, 15) is 9.59 Å². The lowest BCUT2D eigenvalue weighted by Crippen LogP contribution is -2.55. The standard InChI is InChI=1S/C19H29N3O3/c1-15(2)13-17(19(24)22-11-9-21(3)10-12-22)20-18(23)14-25-16-7-5-4-6-8-16/h4-8,15,17H,9-14H2,1-3H3,(H,20,23)/t17-/m1/s1. The number of hydrogen-bond acceptors (Lipinski definition) is 4. The van der Waals surface area contributed by atoms with Crippen LogP contribution in [0.3, 0.4) is 0 Å². The molecule has 138 valence electrons. The topological polar surface area (TPSA) is 61.9 Å². The maximum absolute atomic E-state index is 12.8. The van der Waals surface area contributed by atoms with Crippen molar-refractivity contribution in [3.05, 3.63) is 30.3 Å². The normalized spacial score (nSPS) is 16.6. The third kappa shape index (κ3) is 6.38. The molecule has 1 saturated heterocycles. The molecule has 0 spiro atoms. The van der Waals surface area contributed by atoms with Crippen molar-refractivity contribution in [2.75, 3.05) is 39.8 Å². The first-order chi connectivity index (χ1) is 12.0. The van der Waals surface area contributed by atoms with Crippen LogP contribution in [0.5, 0.6) is 5.75 Å². The second-order valence-corrected chi connectivity index (χ2v) is 6.98. The van der Waals surface area contributed by atoms with Gasteiger partial charge in [0.15, 0.2) is 6.61 Å². The van der Waals surface area contributed by atoms with Crippen molar-refractivity contribution in [3.63, 3.8) is 0 Å². The minimum atomic E-state index is -0.490. The molecule has 1 heterocycles. The van der Waals surface area contributed by atoms with Crippen LogP contribution in [0.4, 0.5) is 0 Å². The molecule has 0 aliphatic carbocycles. The van der Waals surface area contributed by atoms with Gasteiger partial charge in [0.2, 0.25) is 5.91 Å².